The highest BCUT2D eigenvalue weighted by molar-refractivity contribution is 7.19. The quantitative estimate of drug-likeness (QED) is 0.0646. The average Bonchev–Trinajstić information content (AvgIpc) is 1.62. The molecule has 0 unspecified atom stereocenters. The van der Waals surface area contributed by atoms with Gasteiger partial charge in [0.05, 0.1) is 81.3 Å². The molecule has 1 aliphatic carbocycles. The van der Waals surface area contributed by atoms with Crippen LogP contribution in [0.4, 0.5) is 23.3 Å². The lowest BCUT2D eigenvalue weighted by Crippen LogP contribution is -2.46. The summed E-state index contributed by atoms with van der Waals surface area (Å²) in [5.41, 5.74) is 17.4. The largest absolute Gasteiger partial charge is 0.494 e. The van der Waals surface area contributed by atoms with E-state index in [1.165, 1.54) is 115 Å². The number of aryl methyl sites for hydroxylation is 12. The van der Waals surface area contributed by atoms with Crippen LogP contribution in [0.2, 0.25) is 0 Å². The first kappa shape index (κ1) is 84.0. The monoisotopic (exact) mass is 1620 g/mol. The number of methoxy groups -OCH3 is 2. The van der Waals surface area contributed by atoms with Gasteiger partial charge >= 0.3 is 0 Å². The number of anilines is 4. The molecule has 17 rings (SSSR count). The summed E-state index contributed by atoms with van der Waals surface area (Å²) in [6.45, 7) is 46.2. The van der Waals surface area contributed by atoms with Gasteiger partial charge in [-0.2, -0.15) is 20.4 Å². The van der Waals surface area contributed by atoms with E-state index in [-0.39, 0.29) is 0 Å². The molecule has 2 N–H and O–H groups in total. The van der Waals surface area contributed by atoms with Gasteiger partial charge in [-0.05, 0) is 240 Å². The molecule has 0 atom stereocenters. The fourth-order valence-corrected chi connectivity index (χ4v) is 19.2. The molecule has 3 fully saturated rings. The van der Waals surface area contributed by atoms with Gasteiger partial charge < -0.3 is 72.0 Å². The highest BCUT2D eigenvalue weighted by Gasteiger charge is 2.30. The zero-order valence-electron chi connectivity index (χ0n) is 73.0. The first-order valence-corrected chi connectivity index (χ1v) is 43.2. The predicted molar refractivity (Wildman–Crippen MR) is 486 cm³/mol. The molecule has 0 bridgehead atoms. The third kappa shape index (κ3) is 17.0. The van der Waals surface area contributed by atoms with Crippen LogP contribution in [0.15, 0.2) is 115 Å². The Hall–Kier alpha value is -11.5. The predicted octanol–water partition coefficient (Wildman–Crippen LogP) is 20.3. The fraction of sp³-hybridized carbons (Fsp3) is 0.411. The van der Waals surface area contributed by atoms with Crippen molar-refractivity contribution in [2.75, 3.05) is 107 Å². The first-order valence-electron chi connectivity index (χ1n) is 42.4. The Morgan fingerprint density at radius 3 is 1.23 bits per heavy atom. The number of benzene rings is 5. The lowest BCUT2D eigenvalue weighted by atomic mass is 10.1. The Morgan fingerprint density at radius 2 is 0.773 bits per heavy atom. The Bertz CT molecular complexity index is 5890. The second-order valence-electron chi connectivity index (χ2n) is 31.1. The highest BCUT2D eigenvalue weighted by atomic mass is 32.1. The molecule has 119 heavy (non-hydrogen) atoms. The van der Waals surface area contributed by atoms with Crippen LogP contribution in [-0.2, 0) is 6.54 Å². The number of hydrogen-bond donors (Lipinski definition) is 2. The standard InChI is InChI=1S/C26H26N4OS.C24H33N5O2.C23H30N4O2.C22H28N4O/c1-5-31-21-12-10-20(11-13-21)30-17(3)24-16(2)28-29-26(25(24)18(30)4)27-15-22-14-19-8-6-7-9-23(19)32-22;1-7-27-11-13-28(14-12-27)24-23-18(5)29(17(4)22(23)16(3)25-26-24)20-10-9-19(31-8-2)15-21(20)30-6;1-6-29-18-10-11-19(20(14-18)28-5)27-16(3)21-15(2)24-25-23(22(21)17(27)4)26-12-8-7-9-13-26;1-5-27-19-12-10-18(11-13-19)26-15(3)20-14(2)24-25-22(21(20)16(26)4)23-17-8-6-7-9-17/h6-14H,5,15H2,1-4H3,(H,27,29);9-10,15H,7-8,11-14H2,1-6H3;10-11,14H,6-9,12-13H2,1-5H3;10-13,17H,5-9H2,1-4H3,(H,23,25). The number of hydrogen-bond acceptors (Lipinski definition) is 20. The molecule has 11 heterocycles. The minimum Gasteiger partial charge on any atom is -0.494 e. The Balaban J connectivity index is 0.000000130. The summed E-state index contributed by atoms with van der Waals surface area (Å²) in [4.78, 5) is 8.53. The number of ether oxygens (including phenoxy) is 6. The van der Waals surface area contributed by atoms with Gasteiger partial charge in [0.15, 0.2) is 23.3 Å². The zero-order valence-corrected chi connectivity index (χ0v) is 73.9. The molecule has 23 nitrogen and oxygen atoms in total. The van der Waals surface area contributed by atoms with Crippen molar-refractivity contribution in [1.82, 2.24) is 64.0 Å². The molecule has 5 aromatic carbocycles. The number of fused-ring (bicyclic) bond motifs is 5. The van der Waals surface area contributed by atoms with Crippen molar-refractivity contribution in [3.63, 3.8) is 0 Å². The van der Waals surface area contributed by atoms with E-state index >= 15 is 0 Å². The van der Waals surface area contributed by atoms with Crippen LogP contribution in [0.1, 0.15) is 153 Å². The number of likely N-dealkylation sites (N-methyl/N-ethyl adjacent to an activating group) is 1. The van der Waals surface area contributed by atoms with Crippen molar-refractivity contribution in [3.05, 3.63) is 188 Å². The van der Waals surface area contributed by atoms with E-state index in [4.69, 9.17) is 28.4 Å². The third-order valence-electron chi connectivity index (χ3n) is 23.7. The van der Waals surface area contributed by atoms with E-state index in [9.17, 15) is 0 Å². The van der Waals surface area contributed by atoms with Crippen molar-refractivity contribution in [2.24, 2.45) is 0 Å². The summed E-state index contributed by atoms with van der Waals surface area (Å²) < 4.78 is 44.4. The SMILES string of the molecule is CCOc1ccc(-n2c(C)c3c(C)nnc(N4CCCCC4)c3c2C)c(OC)c1.CCOc1ccc(-n2c(C)c3c(C)nnc(N4CCN(CC)CC4)c3c2C)c(OC)c1.CCOc1ccc(-n2c(C)c3c(C)nnc(NC4CCCC4)c3c2C)cc1.CCOc1ccc(-n2c(C)c3c(C)nnc(NCc4cc5ccccc5s4)c3c2C)cc1. The normalized spacial score (nSPS) is 13.8. The van der Waals surface area contributed by atoms with Crippen LogP contribution >= 0.6 is 11.3 Å². The van der Waals surface area contributed by atoms with E-state index in [1.54, 1.807) is 14.2 Å². The Kier molecular flexibility index (Phi) is 26.3. The summed E-state index contributed by atoms with van der Waals surface area (Å²) in [5.74, 6) is 8.73. The number of nitrogens with one attached hydrogen (secondary N) is 2. The summed E-state index contributed by atoms with van der Waals surface area (Å²) in [6, 6.07) is 39.8. The second-order valence-corrected chi connectivity index (χ2v) is 32.3. The maximum Gasteiger partial charge on any atom is 0.161 e. The van der Waals surface area contributed by atoms with Gasteiger partial charge in [0, 0.05) is 167 Å². The minimum absolute atomic E-state index is 0.513. The van der Waals surface area contributed by atoms with Crippen LogP contribution in [0.5, 0.6) is 34.5 Å². The van der Waals surface area contributed by atoms with E-state index in [0.717, 1.165) is 189 Å². The molecule has 1 saturated carbocycles. The van der Waals surface area contributed by atoms with Crippen LogP contribution in [0.3, 0.4) is 0 Å². The lowest BCUT2D eigenvalue weighted by molar-refractivity contribution is 0.270. The van der Waals surface area contributed by atoms with Crippen LogP contribution in [0, 0.1) is 83.1 Å². The molecule has 624 valence electrons. The van der Waals surface area contributed by atoms with Crippen LogP contribution < -0.4 is 48.9 Å². The van der Waals surface area contributed by atoms with E-state index in [2.05, 4.69) is 213 Å². The van der Waals surface area contributed by atoms with Crippen molar-refractivity contribution in [2.45, 2.75) is 175 Å². The third-order valence-corrected chi connectivity index (χ3v) is 24.8. The van der Waals surface area contributed by atoms with Crippen molar-refractivity contribution >= 4 is 87.8 Å². The van der Waals surface area contributed by atoms with E-state index in [1.807, 2.05) is 115 Å². The van der Waals surface area contributed by atoms with Crippen LogP contribution in [0.25, 0.3) is 75.9 Å². The molecular formula is C95H117N17O6S. The number of piperazine rings is 1. The van der Waals surface area contributed by atoms with Gasteiger partial charge in [0.25, 0.3) is 0 Å². The van der Waals surface area contributed by atoms with E-state index < -0.39 is 0 Å². The average molecular weight is 1630 g/mol. The molecule has 3 aliphatic rings. The maximum absolute atomic E-state index is 5.75. The first-order chi connectivity index (χ1) is 57.7. The summed E-state index contributed by atoms with van der Waals surface area (Å²) in [7, 11) is 3.41. The molecule has 0 amide bonds. The number of nitrogens with zero attached hydrogens (tertiary/aromatic N) is 15. The number of thiophene rings is 1. The smallest absolute Gasteiger partial charge is 0.161 e. The molecule has 24 heteroatoms. The molecule has 2 aliphatic heterocycles. The lowest BCUT2D eigenvalue weighted by Gasteiger charge is -2.34. The summed E-state index contributed by atoms with van der Waals surface area (Å²) in [6.07, 6.45) is 8.74. The summed E-state index contributed by atoms with van der Waals surface area (Å²) in [5, 5.41) is 54.3. The van der Waals surface area contributed by atoms with Gasteiger partial charge in [-0.3, -0.25) is 0 Å². The van der Waals surface area contributed by atoms with Gasteiger partial charge in [-0.25, -0.2) is 0 Å². The van der Waals surface area contributed by atoms with Crippen molar-refractivity contribution in [1.29, 1.82) is 0 Å². The molecular weight excluding hydrogens is 1510 g/mol. The second kappa shape index (κ2) is 37.2. The summed E-state index contributed by atoms with van der Waals surface area (Å²) >= 11 is 1.81. The van der Waals surface area contributed by atoms with Crippen LogP contribution in [-0.4, -0.2) is 156 Å². The molecule has 9 aromatic heterocycles. The molecule has 14 aromatic rings. The number of piperidine rings is 1. The van der Waals surface area contributed by atoms with Crippen molar-refractivity contribution < 1.29 is 28.4 Å². The Morgan fingerprint density at radius 1 is 0.378 bits per heavy atom. The molecule has 0 spiro atoms. The highest BCUT2D eigenvalue weighted by Crippen LogP contribution is 2.44. The van der Waals surface area contributed by atoms with Gasteiger partial charge in [0.2, 0.25) is 0 Å². The minimum atomic E-state index is 0.513. The van der Waals surface area contributed by atoms with Gasteiger partial charge in [-0.1, -0.05) is 38.0 Å². The van der Waals surface area contributed by atoms with Gasteiger partial charge in [-0.15, -0.1) is 31.7 Å². The Labute approximate surface area is 704 Å². The van der Waals surface area contributed by atoms with Gasteiger partial charge in [0.1, 0.15) is 34.5 Å². The molecule has 2 saturated heterocycles. The number of rotatable bonds is 22. The molecule has 0 radical (unpaired) electrons. The fourth-order valence-electron chi connectivity index (χ4n) is 18.2. The maximum atomic E-state index is 5.75. The number of aromatic nitrogens is 12. The van der Waals surface area contributed by atoms with E-state index in [0.29, 0.717) is 32.5 Å². The van der Waals surface area contributed by atoms with Crippen molar-refractivity contribution in [3.8, 4) is 57.2 Å². The topological polar surface area (TPSA) is 212 Å². The zero-order chi connectivity index (χ0) is 83.9.